The van der Waals surface area contributed by atoms with Crippen LogP contribution in [0.15, 0.2) is 36.4 Å². The van der Waals surface area contributed by atoms with Gasteiger partial charge in [-0.25, -0.2) is 8.78 Å². The van der Waals surface area contributed by atoms with Gasteiger partial charge in [-0.1, -0.05) is 12.1 Å². The molecule has 0 saturated carbocycles. The molecule has 18 heavy (non-hydrogen) atoms. The molecule has 2 nitrogen and oxygen atoms in total. The van der Waals surface area contributed by atoms with Gasteiger partial charge in [0, 0.05) is 17.2 Å². The summed E-state index contributed by atoms with van der Waals surface area (Å²) in [6.07, 6.45) is 0. The fraction of sp³-hybridized carbons (Fsp3) is 0.0714. The monoisotopic (exact) mass is 245 g/mol. The number of rotatable bonds is 2. The summed E-state index contributed by atoms with van der Waals surface area (Å²) >= 11 is 0. The Morgan fingerprint density at radius 3 is 2.44 bits per heavy atom. The van der Waals surface area contributed by atoms with E-state index in [0.29, 0.717) is 5.75 Å². The molecule has 0 radical (unpaired) electrons. The molecule has 0 N–H and O–H groups in total. The van der Waals surface area contributed by atoms with Crippen LogP contribution in [0.4, 0.5) is 8.78 Å². The molecule has 0 saturated heterocycles. The third-order valence-corrected chi connectivity index (χ3v) is 2.59. The van der Waals surface area contributed by atoms with Crippen molar-refractivity contribution in [2.75, 3.05) is 7.11 Å². The van der Waals surface area contributed by atoms with Crippen LogP contribution < -0.4 is 4.74 Å². The van der Waals surface area contributed by atoms with E-state index in [9.17, 15) is 8.78 Å². The minimum absolute atomic E-state index is 0.165. The van der Waals surface area contributed by atoms with Gasteiger partial charge in [0.2, 0.25) is 0 Å². The first-order valence-corrected chi connectivity index (χ1v) is 5.20. The highest BCUT2D eigenvalue weighted by molar-refractivity contribution is 5.71. The van der Waals surface area contributed by atoms with Gasteiger partial charge in [-0.2, -0.15) is 5.26 Å². The second-order valence-corrected chi connectivity index (χ2v) is 3.62. The van der Waals surface area contributed by atoms with E-state index >= 15 is 0 Å². The van der Waals surface area contributed by atoms with Gasteiger partial charge >= 0.3 is 0 Å². The molecule has 0 aliphatic rings. The van der Waals surface area contributed by atoms with Crippen LogP contribution in [0.1, 0.15) is 5.56 Å². The maximum Gasteiger partial charge on any atom is 0.141 e. The van der Waals surface area contributed by atoms with E-state index in [1.54, 1.807) is 12.1 Å². The predicted octanol–water partition coefficient (Wildman–Crippen LogP) is 3.51. The molecule has 0 aliphatic carbocycles. The molecule has 4 heteroatoms. The average Bonchev–Trinajstić information content (AvgIpc) is 2.38. The Bertz CT molecular complexity index is 632. The first-order chi connectivity index (χ1) is 8.67. The van der Waals surface area contributed by atoms with Crippen molar-refractivity contribution in [3.8, 4) is 22.9 Å². The molecule has 0 amide bonds. The summed E-state index contributed by atoms with van der Waals surface area (Å²) in [5, 5.41) is 8.92. The number of benzene rings is 2. The third-order valence-electron chi connectivity index (χ3n) is 2.59. The van der Waals surface area contributed by atoms with Gasteiger partial charge < -0.3 is 4.74 Å². The Morgan fingerprint density at radius 2 is 1.83 bits per heavy atom. The van der Waals surface area contributed by atoms with Gasteiger partial charge in [0.25, 0.3) is 0 Å². The molecule has 0 atom stereocenters. The van der Waals surface area contributed by atoms with Crippen LogP contribution in [0, 0.1) is 23.0 Å². The zero-order chi connectivity index (χ0) is 13.1. The van der Waals surface area contributed by atoms with Crippen LogP contribution in [-0.2, 0) is 0 Å². The van der Waals surface area contributed by atoms with Crippen LogP contribution in [0.5, 0.6) is 5.75 Å². The Kier molecular flexibility index (Phi) is 3.24. The standard InChI is InChI=1S/C14H9F2NO/c1-18-9-5-6-11(14(16)7-9)10-3-2-4-13(15)12(10)8-17/h2-7H,1H3. The Hall–Kier alpha value is -2.41. The van der Waals surface area contributed by atoms with Crippen LogP contribution in [0.2, 0.25) is 0 Å². The predicted molar refractivity (Wildman–Crippen MR) is 63.1 cm³/mol. The molecule has 0 aliphatic heterocycles. The Morgan fingerprint density at radius 1 is 1.06 bits per heavy atom. The highest BCUT2D eigenvalue weighted by atomic mass is 19.1. The topological polar surface area (TPSA) is 33.0 Å². The largest absolute Gasteiger partial charge is 0.497 e. The van der Waals surface area contributed by atoms with Gasteiger partial charge in [-0.15, -0.1) is 0 Å². The number of halogens is 2. The smallest absolute Gasteiger partial charge is 0.141 e. The average molecular weight is 245 g/mol. The number of hydrogen-bond donors (Lipinski definition) is 0. The number of hydrogen-bond acceptors (Lipinski definition) is 2. The SMILES string of the molecule is COc1ccc(-c2cccc(F)c2C#N)c(F)c1. The third kappa shape index (κ3) is 2.03. The molecule has 2 aromatic carbocycles. The van der Waals surface area contributed by atoms with Crippen molar-refractivity contribution < 1.29 is 13.5 Å². The zero-order valence-corrected chi connectivity index (χ0v) is 9.58. The summed E-state index contributed by atoms with van der Waals surface area (Å²) in [5.74, 6) is -0.854. The van der Waals surface area contributed by atoms with E-state index in [0.717, 1.165) is 0 Å². The normalized spacial score (nSPS) is 9.89. The van der Waals surface area contributed by atoms with E-state index in [2.05, 4.69) is 0 Å². The van der Waals surface area contributed by atoms with Gasteiger partial charge in [0.15, 0.2) is 0 Å². The highest BCUT2D eigenvalue weighted by Gasteiger charge is 2.13. The lowest BCUT2D eigenvalue weighted by Crippen LogP contribution is -1.93. The lowest BCUT2D eigenvalue weighted by atomic mass is 9.99. The molecular weight excluding hydrogens is 236 g/mol. The lowest BCUT2D eigenvalue weighted by Gasteiger charge is -2.08. The van der Waals surface area contributed by atoms with Crippen LogP contribution in [0.3, 0.4) is 0 Å². The summed E-state index contributed by atoms with van der Waals surface area (Å²) in [6, 6.07) is 10.1. The molecule has 0 aromatic heterocycles. The molecular formula is C14H9F2NO. The van der Waals surface area contributed by atoms with E-state index in [1.807, 2.05) is 0 Å². The number of nitrogens with zero attached hydrogens (tertiary/aromatic N) is 1. The minimum Gasteiger partial charge on any atom is -0.497 e. The summed E-state index contributed by atoms with van der Waals surface area (Å²) in [6.45, 7) is 0. The fourth-order valence-electron chi connectivity index (χ4n) is 1.70. The fourth-order valence-corrected chi connectivity index (χ4v) is 1.70. The van der Waals surface area contributed by atoms with E-state index in [1.165, 1.54) is 37.4 Å². The second kappa shape index (κ2) is 4.84. The van der Waals surface area contributed by atoms with E-state index in [4.69, 9.17) is 10.00 Å². The minimum atomic E-state index is -0.662. The number of nitriles is 1. The number of ether oxygens (including phenoxy) is 1. The highest BCUT2D eigenvalue weighted by Crippen LogP contribution is 2.29. The molecule has 2 rings (SSSR count). The summed E-state index contributed by atoms with van der Waals surface area (Å²) in [4.78, 5) is 0. The van der Waals surface area contributed by atoms with Gasteiger partial charge in [-0.3, -0.25) is 0 Å². The van der Waals surface area contributed by atoms with E-state index < -0.39 is 11.6 Å². The van der Waals surface area contributed by atoms with Crippen LogP contribution >= 0.6 is 0 Å². The second-order valence-electron chi connectivity index (χ2n) is 3.62. The van der Waals surface area contributed by atoms with Crippen molar-refractivity contribution in [3.63, 3.8) is 0 Å². The molecule has 90 valence electrons. The molecule has 0 bridgehead atoms. The van der Waals surface area contributed by atoms with Crippen LogP contribution in [-0.4, -0.2) is 7.11 Å². The Labute approximate surface area is 103 Å². The van der Waals surface area contributed by atoms with Crippen molar-refractivity contribution in [2.45, 2.75) is 0 Å². The van der Waals surface area contributed by atoms with Gasteiger partial charge in [-0.05, 0) is 18.2 Å². The zero-order valence-electron chi connectivity index (χ0n) is 9.58. The first kappa shape index (κ1) is 12.1. The van der Waals surface area contributed by atoms with Crippen molar-refractivity contribution in [1.29, 1.82) is 5.26 Å². The lowest BCUT2D eigenvalue weighted by molar-refractivity contribution is 0.411. The van der Waals surface area contributed by atoms with E-state index in [-0.39, 0.29) is 16.7 Å². The van der Waals surface area contributed by atoms with Gasteiger partial charge in [0.1, 0.15) is 23.5 Å². The quantitative estimate of drug-likeness (QED) is 0.811. The maximum atomic E-state index is 13.9. The first-order valence-electron chi connectivity index (χ1n) is 5.20. The van der Waals surface area contributed by atoms with Crippen molar-refractivity contribution in [3.05, 3.63) is 53.6 Å². The maximum absolute atomic E-state index is 13.9. The van der Waals surface area contributed by atoms with Crippen molar-refractivity contribution >= 4 is 0 Å². The summed E-state index contributed by atoms with van der Waals surface area (Å²) < 4.78 is 32.2. The van der Waals surface area contributed by atoms with Crippen molar-refractivity contribution in [1.82, 2.24) is 0 Å². The number of methoxy groups -OCH3 is 1. The molecule has 0 fully saturated rings. The van der Waals surface area contributed by atoms with Crippen molar-refractivity contribution in [2.24, 2.45) is 0 Å². The molecule has 0 spiro atoms. The van der Waals surface area contributed by atoms with Crippen LogP contribution in [0.25, 0.3) is 11.1 Å². The molecule has 0 unspecified atom stereocenters. The van der Waals surface area contributed by atoms with Gasteiger partial charge in [0.05, 0.1) is 12.7 Å². The Balaban J connectivity index is 2.63. The molecule has 0 heterocycles. The summed E-state index contributed by atoms with van der Waals surface area (Å²) in [7, 11) is 1.43. The molecule has 2 aromatic rings. The summed E-state index contributed by atoms with van der Waals surface area (Å²) in [5.41, 5.74) is 0.242.